The van der Waals surface area contributed by atoms with Gasteiger partial charge in [-0.2, -0.15) is 0 Å². The maximum atomic E-state index is 12.0. The monoisotopic (exact) mass is 362 g/mol. The van der Waals surface area contributed by atoms with E-state index in [1.165, 1.54) is 0 Å². The van der Waals surface area contributed by atoms with Crippen molar-refractivity contribution in [3.8, 4) is 0 Å². The molecular formula is C16H11IO2. The van der Waals surface area contributed by atoms with Gasteiger partial charge in [-0.15, -0.1) is 0 Å². The molecule has 1 aliphatic heterocycles. The lowest BCUT2D eigenvalue weighted by Gasteiger charge is -2.04. The van der Waals surface area contributed by atoms with Gasteiger partial charge in [0.25, 0.3) is 0 Å². The molecule has 1 heterocycles. The summed E-state index contributed by atoms with van der Waals surface area (Å²) in [6.07, 6.45) is 0. The minimum absolute atomic E-state index is 0.235. The van der Waals surface area contributed by atoms with E-state index in [0.717, 1.165) is 20.3 Å². The Hall–Kier alpha value is -1.62. The van der Waals surface area contributed by atoms with E-state index in [1.807, 2.05) is 54.6 Å². The summed E-state index contributed by atoms with van der Waals surface area (Å²) in [5.74, 6) is -0.235. The molecule has 0 aliphatic carbocycles. The second-order valence-electron chi connectivity index (χ2n) is 4.31. The molecule has 2 aromatic rings. The van der Waals surface area contributed by atoms with Crippen molar-refractivity contribution in [2.75, 3.05) is 6.61 Å². The first kappa shape index (κ1) is 12.4. The Bertz CT molecular complexity index is 659. The second kappa shape index (κ2) is 5.17. The van der Waals surface area contributed by atoms with Gasteiger partial charge in [0.2, 0.25) is 0 Å². The van der Waals surface area contributed by atoms with E-state index in [2.05, 4.69) is 22.6 Å². The van der Waals surface area contributed by atoms with Crippen LogP contribution in [0.5, 0.6) is 0 Å². The summed E-state index contributed by atoms with van der Waals surface area (Å²) in [4.78, 5) is 12.0. The van der Waals surface area contributed by atoms with Crippen LogP contribution in [-0.4, -0.2) is 12.6 Å². The van der Waals surface area contributed by atoms with Crippen molar-refractivity contribution in [1.82, 2.24) is 0 Å². The first-order valence-electron chi connectivity index (χ1n) is 5.97. The van der Waals surface area contributed by atoms with Gasteiger partial charge >= 0.3 is 5.97 Å². The zero-order chi connectivity index (χ0) is 13.2. The summed E-state index contributed by atoms with van der Waals surface area (Å²) in [7, 11) is 0. The van der Waals surface area contributed by atoms with E-state index in [-0.39, 0.29) is 5.97 Å². The SMILES string of the molecule is O=C1OCC(c2ccccc2)=C1c1cccc(I)c1. The highest BCUT2D eigenvalue weighted by atomic mass is 127. The summed E-state index contributed by atoms with van der Waals surface area (Å²) >= 11 is 2.25. The van der Waals surface area contributed by atoms with Crippen LogP contribution in [0.3, 0.4) is 0 Å². The summed E-state index contributed by atoms with van der Waals surface area (Å²) < 4.78 is 6.32. The average Bonchev–Trinajstić information content (AvgIpc) is 2.82. The van der Waals surface area contributed by atoms with Crippen LogP contribution in [0, 0.1) is 3.57 Å². The summed E-state index contributed by atoms with van der Waals surface area (Å²) in [6.45, 7) is 0.351. The van der Waals surface area contributed by atoms with Gasteiger partial charge in [-0.1, -0.05) is 42.5 Å². The lowest BCUT2D eigenvalue weighted by atomic mass is 9.97. The van der Waals surface area contributed by atoms with Crippen LogP contribution in [0.15, 0.2) is 54.6 Å². The highest BCUT2D eigenvalue weighted by molar-refractivity contribution is 14.1. The molecule has 0 bridgehead atoms. The lowest BCUT2D eigenvalue weighted by molar-refractivity contribution is -0.133. The number of ether oxygens (including phenoxy) is 1. The van der Waals surface area contributed by atoms with E-state index in [1.54, 1.807) is 0 Å². The van der Waals surface area contributed by atoms with Crippen LogP contribution in [0.1, 0.15) is 11.1 Å². The predicted molar refractivity (Wildman–Crippen MR) is 83.4 cm³/mol. The van der Waals surface area contributed by atoms with Gasteiger partial charge in [-0.05, 0) is 45.9 Å². The van der Waals surface area contributed by atoms with Crippen LogP contribution in [0.2, 0.25) is 0 Å². The largest absolute Gasteiger partial charge is 0.457 e. The van der Waals surface area contributed by atoms with Crippen LogP contribution in [-0.2, 0) is 9.53 Å². The molecule has 19 heavy (non-hydrogen) atoms. The number of cyclic esters (lactones) is 1. The normalized spacial score (nSPS) is 14.7. The maximum Gasteiger partial charge on any atom is 0.339 e. The molecule has 0 aromatic heterocycles. The minimum atomic E-state index is -0.235. The van der Waals surface area contributed by atoms with Gasteiger partial charge in [0.05, 0.1) is 5.57 Å². The molecule has 0 atom stereocenters. The van der Waals surface area contributed by atoms with Crippen molar-refractivity contribution in [3.63, 3.8) is 0 Å². The fourth-order valence-electron chi connectivity index (χ4n) is 2.21. The molecule has 0 radical (unpaired) electrons. The fraction of sp³-hybridized carbons (Fsp3) is 0.0625. The van der Waals surface area contributed by atoms with Crippen LogP contribution < -0.4 is 0 Å². The summed E-state index contributed by atoms with van der Waals surface area (Å²) in [5, 5.41) is 0. The third-order valence-corrected chi connectivity index (χ3v) is 3.76. The van der Waals surface area contributed by atoms with Crippen molar-refractivity contribution in [3.05, 3.63) is 69.3 Å². The molecule has 3 heteroatoms. The molecule has 2 nitrogen and oxygen atoms in total. The number of hydrogen-bond acceptors (Lipinski definition) is 2. The number of hydrogen-bond donors (Lipinski definition) is 0. The third-order valence-electron chi connectivity index (χ3n) is 3.09. The topological polar surface area (TPSA) is 26.3 Å². The first-order valence-corrected chi connectivity index (χ1v) is 7.05. The Kier molecular flexibility index (Phi) is 3.38. The van der Waals surface area contributed by atoms with Gasteiger partial charge in [0, 0.05) is 9.14 Å². The number of esters is 1. The molecule has 3 rings (SSSR count). The molecule has 0 saturated heterocycles. The molecule has 1 aliphatic rings. The summed E-state index contributed by atoms with van der Waals surface area (Å²) in [6, 6.07) is 17.8. The highest BCUT2D eigenvalue weighted by Crippen LogP contribution is 2.33. The predicted octanol–water partition coefficient (Wildman–Crippen LogP) is 3.76. The quantitative estimate of drug-likeness (QED) is 0.601. The molecular weight excluding hydrogens is 351 g/mol. The first-order chi connectivity index (χ1) is 9.25. The number of rotatable bonds is 2. The number of carbonyl (C=O) groups excluding carboxylic acids is 1. The number of benzene rings is 2. The third kappa shape index (κ3) is 2.42. The Labute approximate surface area is 125 Å². The van der Waals surface area contributed by atoms with Crippen molar-refractivity contribution in [1.29, 1.82) is 0 Å². The molecule has 0 fully saturated rings. The van der Waals surface area contributed by atoms with E-state index in [9.17, 15) is 4.79 Å². The lowest BCUT2D eigenvalue weighted by Crippen LogP contribution is -1.98. The Balaban J connectivity index is 2.17. The zero-order valence-electron chi connectivity index (χ0n) is 10.1. The van der Waals surface area contributed by atoms with Crippen LogP contribution in [0.4, 0.5) is 0 Å². The smallest absolute Gasteiger partial charge is 0.339 e. The summed E-state index contributed by atoms with van der Waals surface area (Å²) in [5.41, 5.74) is 3.62. The van der Waals surface area contributed by atoms with Crippen molar-refractivity contribution < 1.29 is 9.53 Å². The standard InChI is InChI=1S/C16H11IO2/c17-13-8-4-7-12(9-13)15-14(10-19-16(15)18)11-5-2-1-3-6-11/h1-9H,10H2. The highest BCUT2D eigenvalue weighted by Gasteiger charge is 2.26. The van der Waals surface area contributed by atoms with Crippen LogP contribution >= 0.6 is 22.6 Å². The molecule has 0 amide bonds. The van der Waals surface area contributed by atoms with E-state index >= 15 is 0 Å². The fourth-order valence-corrected chi connectivity index (χ4v) is 2.75. The van der Waals surface area contributed by atoms with E-state index in [0.29, 0.717) is 12.2 Å². The second-order valence-corrected chi connectivity index (χ2v) is 5.55. The van der Waals surface area contributed by atoms with Crippen LogP contribution in [0.25, 0.3) is 11.1 Å². The Morgan fingerprint density at radius 1 is 0.947 bits per heavy atom. The number of halogens is 1. The van der Waals surface area contributed by atoms with Gasteiger partial charge in [0.1, 0.15) is 6.61 Å². The molecule has 94 valence electrons. The average molecular weight is 362 g/mol. The molecule has 2 aromatic carbocycles. The molecule has 0 N–H and O–H groups in total. The van der Waals surface area contributed by atoms with Crippen molar-refractivity contribution in [2.24, 2.45) is 0 Å². The van der Waals surface area contributed by atoms with Crippen molar-refractivity contribution in [2.45, 2.75) is 0 Å². The van der Waals surface area contributed by atoms with E-state index < -0.39 is 0 Å². The maximum absolute atomic E-state index is 12.0. The molecule has 0 spiro atoms. The molecule has 0 saturated carbocycles. The van der Waals surface area contributed by atoms with Crippen molar-refractivity contribution >= 4 is 39.7 Å². The zero-order valence-corrected chi connectivity index (χ0v) is 12.3. The van der Waals surface area contributed by atoms with Gasteiger partial charge in [-0.25, -0.2) is 4.79 Å². The Morgan fingerprint density at radius 2 is 1.68 bits per heavy atom. The molecule has 0 unspecified atom stereocenters. The Morgan fingerprint density at radius 3 is 2.42 bits per heavy atom. The van der Waals surface area contributed by atoms with Gasteiger partial charge < -0.3 is 4.74 Å². The van der Waals surface area contributed by atoms with Gasteiger partial charge in [0.15, 0.2) is 0 Å². The number of carbonyl (C=O) groups is 1. The van der Waals surface area contributed by atoms with E-state index in [4.69, 9.17) is 4.74 Å². The van der Waals surface area contributed by atoms with Gasteiger partial charge in [-0.3, -0.25) is 0 Å². The minimum Gasteiger partial charge on any atom is -0.457 e.